The summed E-state index contributed by atoms with van der Waals surface area (Å²) in [5.74, 6) is 0.344. The van der Waals surface area contributed by atoms with Crippen molar-refractivity contribution in [3.05, 3.63) is 41.4 Å². The van der Waals surface area contributed by atoms with Crippen LogP contribution in [0.15, 0.2) is 30.0 Å². The van der Waals surface area contributed by atoms with Crippen LogP contribution < -0.4 is 15.4 Å². The smallest absolute Gasteiger partial charge is 0.228 e. The number of amides is 1. The van der Waals surface area contributed by atoms with Crippen LogP contribution in [0.4, 0.5) is 4.39 Å². The van der Waals surface area contributed by atoms with Crippen LogP contribution in [0.2, 0.25) is 0 Å². The van der Waals surface area contributed by atoms with Crippen molar-refractivity contribution in [2.45, 2.75) is 61.3 Å². The highest BCUT2D eigenvalue weighted by Crippen LogP contribution is 2.18. The lowest BCUT2D eigenvalue weighted by Gasteiger charge is -2.21. The number of carbonyl (C=O) groups excluding carboxylic acids is 1. The molecule has 1 fully saturated rings. The summed E-state index contributed by atoms with van der Waals surface area (Å²) < 4.78 is 17.6. The lowest BCUT2D eigenvalue weighted by atomic mass is 9.99. The summed E-state index contributed by atoms with van der Waals surface area (Å²) in [5, 5.41) is 6.11. The quantitative estimate of drug-likeness (QED) is 0.753. The minimum atomic E-state index is -0.273. The number of piperidine rings is 1. The summed E-state index contributed by atoms with van der Waals surface area (Å²) >= 11 is 0. The Morgan fingerprint density at radius 3 is 2.37 bits per heavy atom. The van der Waals surface area contributed by atoms with Crippen LogP contribution in [-0.4, -0.2) is 26.1 Å². The summed E-state index contributed by atoms with van der Waals surface area (Å²) in [6, 6.07) is 5.07. The Morgan fingerprint density at radius 2 is 1.93 bits per heavy atom. The van der Waals surface area contributed by atoms with Crippen LogP contribution in [0.3, 0.4) is 0 Å². The van der Waals surface area contributed by atoms with Gasteiger partial charge in [-0.25, -0.2) is 4.39 Å². The van der Waals surface area contributed by atoms with E-state index in [0.29, 0.717) is 11.3 Å². The van der Waals surface area contributed by atoms with Gasteiger partial charge in [-0.05, 0) is 51.8 Å². The maximum atomic E-state index is 12.9. The minimum Gasteiger partial charge on any atom is -0.494 e. The zero-order valence-corrected chi connectivity index (χ0v) is 18.4. The number of hydrogen-bond acceptors (Lipinski definition) is 3. The molecule has 1 aromatic rings. The molecule has 27 heavy (non-hydrogen) atoms. The summed E-state index contributed by atoms with van der Waals surface area (Å²) in [6.45, 7) is 15.4. The largest absolute Gasteiger partial charge is 0.494 e. The molecule has 2 N–H and O–H groups in total. The van der Waals surface area contributed by atoms with Gasteiger partial charge in [0.15, 0.2) is 11.6 Å². The molecule has 0 radical (unpaired) electrons. The van der Waals surface area contributed by atoms with Crippen molar-refractivity contribution in [3.8, 4) is 5.75 Å². The molecule has 1 amide bonds. The Hall–Kier alpha value is -1.88. The Balaban J connectivity index is 0. The van der Waals surface area contributed by atoms with E-state index in [1.165, 1.54) is 7.11 Å². The minimum absolute atomic E-state index is 0.155. The molecular formula is C22H39FN2O2. The Bertz CT molecular complexity index is 539. The third kappa shape index (κ3) is 11.4. The van der Waals surface area contributed by atoms with Gasteiger partial charge in [-0.3, -0.25) is 4.79 Å². The van der Waals surface area contributed by atoms with Crippen molar-refractivity contribution in [1.82, 2.24) is 10.6 Å². The van der Waals surface area contributed by atoms with Gasteiger partial charge >= 0.3 is 0 Å². The topological polar surface area (TPSA) is 50.4 Å². The molecule has 0 unspecified atom stereocenters. The lowest BCUT2D eigenvalue weighted by Crippen LogP contribution is -2.39. The zero-order chi connectivity index (χ0) is 21.2. The Morgan fingerprint density at radius 1 is 1.30 bits per heavy atom. The third-order valence-electron chi connectivity index (χ3n) is 3.80. The number of ether oxygens (including phenoxy) is 1. The molecule has 0 bridgehead atoms. The van der Waals surface area contributed by atoms with E-state index < -0.39 is 0 Å². The number of carbonyl (C=O) groups is 1. The first-order valence-electron chi connectivity index (χ1n) is 9.93. The van der Waals surface area contributed by atoms with E-state index in [0.717, 1.165) is 31.6 Å². The van der Waals surface area contributed by atoms with Gasteiger partial charge in [0.1, 0.15) is 0 Å². The van der Waals surface area contributed by atoms with E-state index in [4.69, 9.17) is 4.74 Å². The highest BCUT2D eigenvalue weighted by molar-refractivity contribution is 5.80. The standard InChI is InChI=1S/C10H18N2O.C8H9FO.2C2H6/c1-3-8(2)12-10(13)9-5-4-6-11-7-9;1-6-4-3-5-7(10-2)8(6)9;2*1-2/h3,9,11H,4-7H2,1-2H3,(H,12,13);3-5H,1-2H3;2*1-2H3/b8-3+;;;/t9-;;;/m0.../s1. The molecule has 1 saturated heterocycles. The van der Waals surface area contributed by atoms with Crippen LogP contribution in [-0.2, 0) is 4.79 Å². The molecule has 156 valence electrons. The van der Waals surface area contributed by atoms with Crippen LogP contribution in [0, 0.1) is 18.7 Å². The number of rotatable bonds is 3. The monoisotopic (exact) mass is 382 g/mol. The number of nitrogens with one attached hydrogen (secondary N) is 2. The maximum Gasteiger partial charge on any atom is 0.228 e. The average molecular weight is 383 g/mol. The highest BCUT2D eigenvalue weighted by atomic mass is 19.1. The molecule has 1 aromatic carbocycles. The number of methoxy groups -OCH3 is 1. The Kier molecular flexibility index (Phi) is 17.8. The number of aryl methyl sites for hydroxylation is 1. The van der Waals surface area contributed by atoms with Crippen molar-refractivity contribution in [1.29, 1.82) is 0 Å². The van der Waals surface area contributed by atoms with Crippen LogP contribution in [0.1, 0.15) is 59.9 Å². The van der Waals surface area contributed by atoms with Gasteiger partial charge in [-0.1, -0.05) is 45.9 Å². The second-order valence-corrected chi connectivity index (χ2v) is 5.60. The fourth-order valence-corrected chi connectivity index (χ4v) is 2.22. The van der Waals surface area contributed by atoms with Gasteiger partial charge in [0.05, 0.1) is 13.0 Å². The van der Waals surface area contributed by atoms with Crippen molar-refractivity contribution in [3.63, 3.8) is 0 Å². The normalized spacial score (nSPS) is 15.6. The fourth-order valence-electron chi connectivity index (χ4n) is 2.22. The molecule has 0 saturated carbocycles. The molecule has 0 aromatic heterocycles. The molecule has 1 aliphatic heterocycles. The van der Waals surface area contributed by atoms with E-state index in [2.05, 4.69) is 10.6 Å². The first kappa shape index (κ1) is 27.3. The van der Waals surface area contributed by atoms with Crippen molar-refractivity contribution in [2.24, 2.45) is 5.92 Å². The summed E-state index contributed by atoms with van der Waals surface area (Å²) in [7, 11) is 1.46. The number of hydrogen-bond donors (Lipinski definition) is 2. The third-order valence-corrected chi connectivity index (χ3v) is 3.80. The maximum absolute atomic E-state index is 12.9. The molecule has 5 heteroatoms. The van der Waals surface area contributed by atoms with Crippen LogP contribution in [0.25, 0.3) is 0 Å². The SMILES string of the molecule is C/C=C(\C)NC(=O)[C@H]1CCCNC1.CC.CC.COc1cccc(C)c1F. The first-order valence-corrected chi connectivity index (χ1v) is 9.93. The van der Waals surface area contributed by atoms with Gasteiger partial charge in [0.25, 0.3) is 0 Å². The predicted octanol–water partition coefficient (Wildman–Crippen LogP) is 5.22. The van der Waals surface area contributed by atoms with E-state index in [9.17, 15) is 9.18 Å². The second kappa shape index (κ2) is 17.5. The summed E-state index contributed by atoms with van der Waals surface area (Å²) in [4.78, 5) is 11.6. The van der Waals surface area contributed by atoms with Crippen LogP contribution in [0.5, 0.6) is 5.75 Å². The average Bonchev–Trinajstić information content (AvgIpc) is 2.74. The molecule has 0 aliphatic carbocycles. The highest BCUT2D eigenvalue weighted by Gasteiger charge is 2.20. The van der Waals surface area contributed by atoms with Crippen molar-refractivity contribution >= 4 is 5.91 Å². The number of halogens is 1. The lowest BCUT2D eigenvalue weighted by molar-refractivity contribution is -0.124. The van der Waals surface area contributed by atoms with Crippen molar-refractivity contribution < 1.29 is 13.9 Å². The van der Waals surface area contributed by atoms with Gasteiger partial charge < -0.3 is 15.4 Å². The van der Waals surface area contributed by atoms with Gasteiger partial charge in [-0.2, -0.15) is 0 Å². The van der Waals surface area contributed by atoms with E-state index in [1.807, 2.05) is 47.6 Å². The molecular weight excluding hydrogens is 343 g/mol. The van der Waals surface area contributed by atoms with E-state index >= 15 is 0 Å². The molecule has 2 rings (SSSR count). The van der Waals surface area contributed by atoms with Gasteiger partial charge in [-0.15, -0.1) is 0 Å². The molecule has 0 spiro atoms. The zero-order valence-electron chi connectivity index (χ0n) is 18.4. The number of benzene rings is 1. The Labute approximate surface area is 165 Å². The molecule has 1 heterocycles. The van der Waals surface area contributed by atoms with Crippen molar-refractivity contribution in [2.75, 3.05) is 20.2 Å². The molecule has 1 aliphatic rings. The van der Waals surface area contributed by atoms with Gasteiger partial charge in [0, 0.05) is 12.2 Å². The first-order chi connectivity index (χ1) is 13.0. The fraction of sp³-hybridized carbons (Fsp3) is 0.591. The summed E-state index contributed by atoms with van der Waals surface area (Å²) in [5.41, 5.74) is 1.55. The second-order valence-electron chi connectivity index (χ2n) is 5.60. The van der Waals surface area contributed by atoms with E-state index in [1.54, 1.807) is 25.1 Å². The molecule has 4 nitrogen and oxygen atoms in total. The van der Waals surface area contributed by atoms with E-state index in [-0.39, 0.29) is 17.6 Å². The predicted molar refractivity (Wildman–Crippen MR) is 114 cm³/mol. The molecule has 1 atom stereocenters. The van der Waals surface area contributed by atoms with Crippen LogP contribution >= 0.6 is 0 Å². The van der Waals surface area contributed by atoms with Gasteiger partial charge in [0.2, 0.25) is 5.91 Å². The summed E-state index contributed by atoms with van der Waals surface area (Å²) in [6.07, 6.45) is 4.02. The number of allylic oxidation sites excluding steroid dienone is 2.